The van der Waals surface area contributed by atoms with Gasteiger partial charge in [0.2, 0.25) is 0 Å². The second-order valence-electron chi connectivity index (χ2n) is 4.35. The van der Waals surface area contributed by atoms with Gasteiger partial charge < -0.3 is 0 Å². The molecule has 0 aromatic heterocycles. The number of hydrogen-bond donors (Lipinski definition) is 0. The van der Waals surface area contributed by atoms with Crippen LogP contribution in [0.3, 0.4) is 0 Å². The molecule has 1 unspecified atom stereocenters. The molecule has 0 N–H and O–H groups in total. The maximum Gasteiger partial charge on any atom is 0.133 e. The lowest BCUT2D eigenvalue weighted by molar-refractivity contribution is -0.119. The monoisotopic (exact) mass is 180 g/mol. The molecule has 1 atom stereocenters. The predicted molar refractivity (Wildman–Crippen MR) is 55.6 cm³/mol. The standard InChI is InChI=1S/C12H20O/c1-10(2)7-8-11-5-3-4-6-12(13)9-11/h11H,1,3-9H2,2H3. The summed E-state index contributed by atoms with van der Waals surface area (Å²) in [7, 11) is 0. The molecule has 13 heavy (non-hydrogen) atoms. The van der Waals surface area contributed by atoms with Crippen LogP contribution in [-0.2, 0) is 4.79 Å². The molecule has 0 spiro atoms. The Hall–Kier alpha value is -0.590. The van der Waals surface area contributed by atoms with Crippen molar-refractivity contribution >= 4 is 5.78 Å². The van der Waals surface area contributed by atoms with Gasteiger partial charge in [-0.25, -0.2) is 0 Å². The summed E-state index contributed by atoms with van der Waals surface area (Å²) in [6.45, 7) is 5.97. The summed E-state index contributed by atoms with van der Waals surface area (Å²) in [6, 6.07) is 0. The molecule has 1 fully saturated rings. The van der Waals surface area contributed by atoms with E-state index in [0.29, 0.717) is 11.7 Å². The highest BCUT2D eigenvalue weighted by Crippen LogP contribution is 2.25. The fourth-order valence-corrected chi connectivity index (χ4v) is 1.98. The first-order valence-corrected chi connectivity index (χ1v) is 5.34. The normalized spacial score (nSPS) is 24.1. The summed E-state index contributed by atoms with van der Waals surface area (Å²) < 4.78 is 0. The van der Waals surface area contributed by atoms with Crippen LogP contribution in [0.4, 0.5) is 0 Å². The van der Waals surface area contributed by atoms with Gasteiger partial charge >= 0.3 is 0 Å². The first kappa shape index (κ1) is 10.5. The zero-order valence-electron chi connectivity index (χ0n) is 8.64. The molecule has 0 aliphatic heterocycles. The highest BCUT2D eigenvalue weighted by Gasteiger charge is 2.16. The third-order valence-electron chi connectivity index (χ3n) is 2.81. The van der Waals surface area contributed by atoms with Crippen LogP contribution in [0.2, 0.25) is 0 Å². The minimum atomic E-state index is 0.476. The number of carbonyl (C=O) groups excluding carboxylic acids is 1. The molecule has 1 aliphatic carbocycles. The first-order chi connectivity index (χ1) is 6.18. The Morgan fingerprint density at radius 2 is 2.31 bits per heavy atom. The number of rotatable bonds is 3. The fraction of sp³-hybridized carbons (Fsp3) is 0.750. The van der Waals surface area contributed by atoms with E-state index in [1.807, 2.05) is 0 Å². The second kappa shape index (κ2) is 5.21. The minimum absolute atomic E-state index is 0.476. The van der Waals surface area contributed by atoms with Crippen LogP contribution in [0, 0.1) is 5.92 Å². The van der Waals surface area contributed by atoms with E-state index >= 15 is 0 Å². The molecular weight excluding hydrogens is 160 g/mol. The maximum absolute atomic E-state index is 11.3. The Morgan fingerprint density at radius 3 is 3.00 bits per heavy atom. The quantitative estimate of drug-likeness (QED) is 0.480. The third-order valence-corrected chi connectivity index (χ3v) is 2.81. The Bertz CT molecular complexity index is 193. The molecule has 0 heterocycles. The average Bonchev–Trinajstić information content (AvgIpc) is 2.26. The van der Waals surface area contributed by atoms with Crippen molar-refractivity contribution in [2.75, 3.05) is 0 Å². The van der Waals surface area contributed by atoms with E-state index in [1.54, 1.807) is 0 Å². The molecule has 1 rings (SSSR count). The van der Waals surface area contributed by atoms with E-state index in [2.05, 4.69) is 13.5 Å². The lowest BCUT2D eigenvalue weighted by Gasteiger charge is -2.12. The number of allylic oxidation sites excluding steroid dienone is 1. The SMILES string of the molecule is C=C(C)CCC1CCCCC(=O)C1. The Morgan fingerprint density at radius 1 is 1.54 bits per heavy atom. The molecule has 1 nitrogen and oxygen atoms in total. The van der Waals surface area contributed by atoms with Crippen molar-refractivity contribution in [1.29, 1.82) is 0 Å². The van der Waals surface area contributed by atoms with Crippen molar-refractivity contribution in [1.82, 2.24) is 0 Å². The molecule has 0 aromatic carbocycles. The summed E-state index contributed by atoms with van der Waals surface area (Å²) in [4.78, 5) is 11.3. The second-order valence-corrected chi connectivity index (χ2v) is 4.35. The van der Waals surface area contributed by atoms with Crippen LogP contribution >= 0.6 is 0 Å². The average molecular weight is 180 g/mol. The van der Waals surface area contributed by atoms with Crippen molar-refractivity contribution in [3.63, 3.8) is 0 Å². The highest BCUT2D eigenvalue weighted by molar-refractivity contribution is 5.78. The molecule has 1 saturated carbocycles. The summed E-state index contributed by atoms with van der Waals surface area (Å²) in [5, 5.41) is 0. The Kier molecular flexibility index (Phi) is 4.20. The van der Waals surface area contributed by atoms with Gasteiger partial charge in [-0.1, -0.05) is 12.0 Å². The lowest BCUT2D eigenvalue weighted by atomic mass is 9.93. The molecular formula is C12H20O. The van der Waals surface area contributed by atoms with Gasteiger partial charge in [0.1, 0.15) is 5.78 Å². The molecule has 1 heteroatoms. The van der Waals surface area contributed by atoms with E-state index in [0.717, 1.165) is 25.7 Å². The van der Waals surface area contributed by atoms with Crippen LogP contribution < -0.4 is 0 Å². The zero-order valence-corrected chi connectivity index (χ0v) is 8.64. The van der Waals surface area contributed by atoms with Crippen LogP contribution in [0.25, 0.3) is 0 Å². The van der Waals surface area contributed by atoms with Gasteiger partial charge in [-0.2, -0.15) is 0 Å². The van der Waals surface area contributed by atoms with Crippen LogP contribution in [0.1, 0.15) is 51.9 Å². The Balaban J connectivity index is 2.30. The van der Waals surface area contributed by atoms with Gasteiger partial charge in [0.15, 0.2) is 0 Å². The largest absolute Gasteiger partial charge is 0.300 e. The summed E-state index contributed by atoms with van der Waals surface area (Å²) in [6.07, 6.45) is 7.52. The first-order valence-electron chi connectivity index (χ1n) is 5.34. The van der Waals surface area contributed by atoms with Crippen molar-refractivity contribution in [2.24, 2.45) is 5.92 Å². The number of hydrogen-bond acceptors (Lipinski definition) is 1. The van der Waals surface area contributed by atoms with Gasteiger partial charge in [-0.3, -0.25) is 4.79 Å². The molecule has 74 valence electrons. The zero-order chi connectivity index (χ0) is 9.68. The smallest absolute Gasteiger partial charge is 0.133 e. The van der Waals surface area contributed by atoms with Crippen molar-refractivity contribution in [3.8, 4) is 0 Å². The van der Waals surface area contributed by atoms with E-state index in [1.165, 1.54) is 24.8 Å². The molecule has 1 aliphatic rings. The van der Waals surface area contributed by atoms with Crippen molar-refractivity contribution in [3.05, 3.63) is 12.2 Å². The number of ketones is 1. The predicted octanol–water partition coefficient (Wildman–Crippen LogP) is 3.49. The summed E-state index contributed by atoms with van der Waals surface area (Å²) >= 11 is 0. The molecule has 0 bridgehead atoms. The van der Waals surface area contributed by atoms with Crippen molar-refractivity contribution in [2.45, 2.75) is 51.9 Å². The van der Waals surface area contributed by atoms with Gasteiger partial charge in [-0.05, 0) is 38.5 Å². The third kappa shape index (κ3) is 4.25. The molecule has 0 saturated heterocycles. The van der Waals surface area contributed by atoms with E-state index in [4.69, 9.17) is 0 Å². The topological polar surface area (TPSA) is 17.1 Å². The van der Waals surface area contributed by atoms with E-state index in [-0.39, 0.29) is 0 Å². The maximum atomic E-state index is 11.3. The summed E-state index contributed by atoms with van der Waals surface area (Å²) in [5.41, 5.74) is 1.25. The number of Topliss-reactive ketones (excluding diaryl/α,β-unsaturated/α-hetero) is 1. The Labute approximate surface area is 81.2 Å². The van der Waals surface area contributed by atoms with E-state index in [9.17, 15) is 4.79 Å². The van der Waals surface area contributed by atoms with E-state index < -0.39 is 0 Å². The molecule has 0 amide bonds. The molecule has 0 radical (unpaired) electrons. The lowest BCUT2D eigenvalue weighted by Crippen LogP contribution is -2.05. The highest BCUT2D eigenvalue weighted by atomic mass is 16.1. The van der Waals surface area contributed by atoms with Crippen LogP contribution in [0.15, 0.2) is 12.2 Å². The molecule has 0 aromatic rings. The summed E-state index contributed by atoms with van der Waals surface area (Å²) in [5.74, 6) is 1.12. The van der Waals surface area contributed by atoms with Gasteiger partial charge in [-0.15, -0.1) is 6.58 Å². The van der Waals surface area contributed by atoms with Crippen LogP contribution in [-0.4, -0.2) is 5.78 Å². The number of carbonyl (C=O) groups is 1. The fourth-order valence-electron chi connectivity index (χ4n) is 1.98. The van der Waals surface area contributed by atoms with Gasteiger partial charge in [0, 0.05) is 12.8 Å². The van der Waals surface area contributed by atoms with Gasteiger partial charge in [0.25, 0.3) is 0 Å². The van der Waals surface area contributed by atoms with Gasteiger partial charge in [0.05, 0.1) is 0 Å². The minimum Gasteiger partial charge on any atom is -0.300 e. The van der Waals surface area contributed by atoms with Crippen molar-refractivity contribution < 1.29 is 4.79 Å². The van der Waals surface area contributed by atoms with Crippen LogP contribution in [0.5, 0.6) is 0 Å².